The molecule has 7 rings (SSSR count). The molecule has 0 radical (unpaired) electrons. The Labute approximate surface area is 543 Å². The smallest absolute Gasteiger partial charge is 0.364 e. The van der Waals surface area contributed by atoms with Gasteiger partial charge < -0.3 is 190 Å². The number of aliphatic carboxylic acids is 1. The van der Waals surface area contributed by atoms with E-state index in [1.807, 2.05) is 0 Å². The molecule has 43 heteroatoms. The van der Waals surface area contributed by atoms with Gasteiger partial charge in [-0.3, -0.25) is 19.2 Å². The third-order valence-electron chi connectivity index (χ3n) is 17.1. The van der Waals surface area contributed by atoms with E-state index in [2.05, 4.69) is 21.3 Å². The zero-order chi connectivity index (χ0) is 71.3. The second-order valence-electron chi connectivity index (χ2n) is 24.0. The molecule has 43 nitrogen and oxygen atoms in total. The van der Waals surface area contributed by atoms with Crippen LogP contribution < -0.4 is 21.3 Å². The fourth-order valence-electron chi connectivity index (χ4n) is 12.2. The van der Waals surface area contributed by atoms with Gasteiger partial charge in [-0.25, -0.2) is 4.79 Å². The highest BCUT2D eigenvalue weighted by Gasteiger charge is 2.62. The maximum atomic E-state index is 13.1. The standard InChI is InChI=1S/C53H88N4O39/c1-13(64)54-25-17(68)5-53(52(82)83,95-43(25)29(70)18(69)6-58)96-45-33(74)22(10-62)89-51(39(45)80)92-41-27(56-15(3)66)46(81)85-24(34(41)75)12-84-47-26(55-14(2)65)35(76)40(23(11-63)90-47)91-50-38(79)44(32(73)21(9-61)88-50)94-48-28(57-16(4)67)42(31(72)20(8-60)86-48)93-49-37(78)36(77)30(71)19(7-59)87-49/h17-51,58-63,68-81H,5-12H2,1-4H3,(H,54,64)(H,55,65)(H,56,66)(H,57,67)(H,82,83)/t17-,18+,19+,20+,21+,22+,23+,24+,25+,26+,27+,28+,29+,30-,31+,32-,33-,34-,35+,36-,37+,38+,39+,40+,41+,42+,43+,44-,45-,46-,47+,48-,49-,50-,51-,53-/m0/s1. The Morgan fingerprint density at radius 1 is 0.427 bits per heavy atom. The van der Waals surface area contributed by atoms with Crippen molar-refractivity contribution in [1.82, 2.24) is 21.3 Å². The molecule has 0 aromatic heterocycles. The summed E-state index contributed by atoms with van der Waals surface area (Å²) in [5.74, 6) is -8.86. The lowest BCUT2D eigenvalue weighted by Crippen LogP contribution is -2.71. The summed E-state index contributed by atoms with van der Waals surface area (Å²) in [7, 11) is 0. The van der Waals surface area contributed by atoms with Crippen molar-refractivity contribution in [2.45, 2.75) is 254 Å². The summed E-state index contributed by atoms with van der Waals surface area (Å²) in [5.41, 5.74) is 0. The summed E-state index contributed by atoms with van der Waals surface area (Å²) >= 11 is 0. The van der Waals surface area contributed by atoms with Crippen molar-refractivity contribution in [3.63, 3.8) is 0 Å². The highest BCUT2D eigenvalue weighted by molar-refractivity contribution is 5.77. The van der Waals surface area contributed by atoms with Crippen LogP contribution >= 0.6 is 0 Å². The van der Waals surface area contributed by atoms with E-state index in [9.17, 15) is 131 Å². The SMILES string of the molecule is CC(=O)N[C@@H]1[C@@H](O[C@@H]2O[C@H](CO)[C@H](O)[C@H](O[C@]3(C(=O)O)C[C@H](O)[C@@H](NC(C)=O)[C@H]([C@H](O)[C@H](O)CO)O3)[C@H]2O)[C@@H](O)[C@@H](CO[C@@H]2O[C@H](CO)[C@@H](O[C@@H]3O[C@H](CO)[C@H](O)[C@H](O[C@@H]4O[C@H](CO)[C@@H](O)[C@H](O[C@@H]5O[C@H](CO)[C@H](O)[C@H](O)[C@H]5O)[C@H]4NC(C)=O)[C@H]3O)[C@H](O)[C@H]2NC(C)=O)O[C@@H]1O. The number of amides is 4. The van der Waals surface area contributed by atoms with Crippen LogP contribution in [0.25, 0.3) is 0 Å². The van der Waals surface area contributed by atoms with Gasteiger partial charge in [0.2, 0.25) is 23.6 Å². The molecule has 7 fully saturated rings. The summed E-state index contributed by atoms with van der Waals surface area (Å²) in [6, 6.07) is -7.13. The molecule has 96 heavy (non-hydrogen) atoms. The molecule has 4 amide bonds. The van der Waals surface area contributed by atoms with Gasteiger partial charge in [0.1, 0.15) is 165 Å². The number of rotatable bonds is 26. The van der Waals surface area contributed by atoms with Crippen LogP contribution in [0.4, 0.5) is 0 Å². The summed E-state index contributed by atoms with van der Waals surface area (Å²) < 4.78 is 75.1. The number of hydrogen-bond acceptors (Lipinski definition) is 38. The average molecular weight is 1410 g/mol. The summed E-state index contributed by atoms with van der Waals surface area (Å²) in [6.07, 6.45) is -64.4. The third-order valence-corrected chi connectivity index (χ3v) is 17.1. The van der Waals surface area contributed by atoms with Crippen LogP contribution in [-0.2, 0) is 85.6 Å². The highest BCUT2D eigenvalue weighted by atomic mass is 16.8. The first-order chi connectivity index (χ1) is 45.2. The first-order valence-electron chi connectivity index (χ1n) is 30.2. The van der Waals surface area contributed by atoms with Crippen LogP contribution in [0.5, 0.6) is 0 Å². The molecular weight excluding hydrogens is 1320 g/mol. The predicted octanol–water partition coefficient (Wildman–Crippen LogP) is -16.5. The van der Waals surface area contributed by atoms with E-state index >= 15 is 0 Å². The number of nitrogens with one attached hydrogen (secondary N) is 4. The number of aliphatic hydroxyl groups excluding tert-OH is 20. The second kappa shape index (κ2) is 34.1. The van der Waals surface area contributed by atoms with Crippen LogP contribution in [0.15, 0.2) is 0 Å². The van der Waals surface area contributed by atoms with Gasteiger partial charge in [-0.1, -0.05) is 0 Å². The molecule has 0 aromatic rings. The second-order valence-corrected chi connectivity index (χ2v) is 24.0. The highest BCUT2D eigenvalue weighted by Crippen LogP contribution is 2.40. The molecule has 7 heterocycles. The van der Waals surface area contributed by atoms with E-state index in [0.717, 1.165) is 27.7 Å². The van der Waals surface area contributed by atoms with E-state index in [1.54, 1.807) is 0 Å². The van der Waals surface area contributed by atoms with Crippen molar-refractivity contribution in [2.24, 2.45) is 0 Å². The van der Waals surface area contributed by atoms with Gasteiger partial charge in [0, 0.05) is 34.1 Å². The molecule has 0 saturated carbocycles. The zero-order valence-corrected chi connectivity index (χ0v) is 51.6. The van der Waals surface area contributed by atoms with Crippen molar-refractivity contribution < 1.29 is 193 Å². The number of hydrogen-bond donors (Lipinski definition) is 25. The number of carboxylic acid groups (broad SMARTS) is 1. The number of carbonyl (C=O) groups is 5. The van der Waals surface area contributed by atoms with Crippen LogP contribution in [0.1, 0.15) is 34.1 Å². The Morgan fingerprint density at radius 2 is 0.833 bits per heavy atom. The normalized spacial score (nSPS) is 46.0. The summed E-state index contributed by atoms with van der Waals surface area (Å²) in [5, 5.41) is 238. The molecule has 7 aliphatic rings. The van der Waals surface area contributed by atoms with E-state index < -0.39 is 303 Å². The van der Waals surface area contributed by atoms with Crippen molar-refractivity contribution in [2.75, 3.05) is 46.2 Å². The molecule has 7 saturated heterocycles. The average Bonchev–Trinajstić information content (AvgIpc) is 0.765. The molecule has 0 aromatic carbocycles. The molecule has 0 unspecified atom stereocenters. The molecule has 0 aliphatic carbocycles. The van der Waals surface area contributed by atoms with Crippen LogP contribution in [0, 0.1) is 0 Å². The van der Waals surface area contributed by atoms with Crippen molar-refractivity contribution in [1.29, 1.82) is 0 Å². The van der Waals surface area contributed by atoms with Crippen LogP contribution in [0.3, 0.4) is 0 Å². The number of aliphatic hydroxyl groups is 20. The zero-order valence-electron chi connectivity index (χ0n) is 51.6. The van der Waals surface area contributed by atoms with Crippen LogP contribution in [0.2, 0.25) is 0 Å². The maximum absolute atomic E-state index is 13.1. The minimum Gasteiger partial charge on any atom is -0.477 e. The fourth-order valence-corrected chi connectivity index (χ4v) is 12.2. The summed E-state index contributed by atoms with van der Waals surface area (Å²) in [6.45, 7) is -3.54. The molecule has 36 atom stereocenters. The van der Waals surface area contributed by atoms with Gasteiger partial charge >= 0.3 is 5.97 Å². The van der Waals surface area contributed by atoms with Gasteiger partial charge in [0.05, 0.1) is 58.4 Å². The molecule has 554 valence electrons. The molecular formula is C53H88N4O39. The van der Waals surface area contributed by atoms with E-state index in [1.165, 1.54) is 0 Å². The maximum Gasteiger partial charge on any atom is 0.364 e. The first kappa shape index (κ1) is 79.4. The topological polar surface area (TPSA) is 678 Å². The first-order valence-corrected chi connectivity index (χ1v) is 30.2. The Kier molecular flexibility index (Phi) is 28.2. The third kappa shape index (κ3) is 17.5. The summed E-state index contributed by atoms with van der Waals surface area (Å²) in [4.78, 5) is 63.3. The van der Waals surface area contributed by atoms with Crippen molar-refractivity contribution in [3.05, 3.63) is 0 Å². The van der Waals surface area contributed by atoms with Crippen molar-refractivity contribution >= 4 is 29.6 Å². The van der Waals surface area contributed by atoms with Gasteiger partial charge in [0.15, 0.2) is 37.7 Å². The largest absolute Gasteiger partial charge is 0.477 e. The lowest BCUT2D eigenvalue weighted by atomic mass is 9.88. The predicted molar refractivity (Wildman–Crippen MR) is 295 cm³/mol. The Bertz CT molecular complexity index is 2540. The van der Waals surface area contributed by atoms with Gasteiger partial charge in [0.25, 0.3) is 5.79 Å². The number of carboxylic acids is 1. The Morgan fingerprint density at radius 3 is 1.34 bits per heavy atom. The molecule has 7 aliphatic heterocycles. The van der Waals surface area contributed by atoms with E-state index in [-0.39, 0.29) is 0 Å². The van der Waals surface area contributed by atoms with Crippen molar-refractivity contribution in [3.8, 4) is 0 Å². The van der Waals surface area contributed by atoms with Gasteiger partial charge in [-0.05, 0) is 0 Å². The van der Waals surface area contributed by atoms with E-state index in [0.29, 0.717) is 0 Å². The minimum absolute atomic E-state index is 0.844. The Hall–Kier alpha value is -3.97. The Balaban J connectivity index is 1.09. The lowest BCUT2D eigenvalue weighted by Gasteiger charge is -2.51. The lowest BCUT2D eigenvalue weighted by molar-refractivity contribution is -0.382. The van der Waals surface area contributed by atoms with Gasteiger partial charge in [-0.15, -0.1) is 0 Å². The quantitative estimate of drug-likeness (QED) is 0.0382. The number of carbonyl (C=O) groups excluding carboxylic acids is 4. The molecule has 0 spiro atoms. The molecule has 0 bridgehead atoms. The molecule has 25 N–H and O–H groups in total. The van der Waals surface area contributed by atoms with E-state index in [4.69, 9.17) is 61.6 Å². The van der Waals surface area contributed by atoms with Gasteiger partial charge in [-0.2, -0.15) is 0 Å². The monoisotopic (exact) mass is 1400 g/mol. The number of ether oxygens (including phenoxy) is 13. The van der Waals surface area contributed by atoms with Crippen LogP contribution in [-0.4, -0.2) is 403 Å². The minimum atomic E-state index is -3.24. The fraction of sp³-hybridized carbons (Fsp3) is 0.906.